The third-order valence-electron chi connectivity index (χ3n) is 2.92. The highest BCUT2D eigenvalue weighted by Crippen LogP contribution is 2.24. The van der Waals surface area contributed by atoms with E-state index in [0.29, 0.717) is 0 Å². The van der Waals surface area contributed by atoms with Gasteiger partial charge >= 0.3 is 0 Å². The van der Waals surface area contributed by atoms with Gasteiger partial charge < -0.3 is 14.2 Å². The van der Waals surface area contributed by atoms with Crippen molar-refractivity contribution in [2.45, 2.75) is 78.8 Å². The maximum Gasteiger partial charge on any atom is 0.154 e. The maximum absolute atomic E-state index is 5.92. The van der Waals surface area contributed by atoms with Crippen molar-refractivity contribution in [3.05, 3.63) is 0 Å². The lowest BCUT2D eigenvalue weighted by atomic mass is 10.0. The molecule has 0 aromatic carbocycles. The molecule has 0 saturated heterocycles. The molecule has 0 aromatic heterocycles. The second-order valence-electron chi connectivity index (χ2n) is 5.37. The van der Waals surface area contributed by atoms with Gasteiger partial charge in [-0.05, 0) is 47.5 Å². The second kappa shape index (κ2) is 8.90. The van der Waals surface area contributed by atoms with Crippen molar-refractivity contribution < 1.29 is 14.2 Å². The first-order chi connectivity index (χ1) is 7.64. The van der Waals surface area contributed by atoms with Crippen LogP contribution in [0.4, 0.5) is 0 Å². The minimum atomic E-state index is -0.0648. The lowest BCUT2D eigenvalue weighted by Gasteiger charge is -2.34. The molecule has 3 nitrogen and oxygen atoms in total. The van der Waals surface area contributed by atoms with E-state index < -0.39 is 0 Å². The Morgan fingerprint density at radius 3 is 1.24 bits per heavy atom. The molecule has 0 heterocycles. The summed E-state index contributed by atoms with van der Waals surface area (Å²) in [5.41, 5.74) is 0.0546. The summed E-state index contributed by atoms with van der Waals surface area (Å²) >= 11 is 0. The van der Waals surface area contributed by atoms with Crippen LogP contribution >= 0.6 is 0 Å². The van der Waals surface area contributed by atoms with Crippen LogP contribution in [0.5, 0.6) is 0 Å². The third kappa shape index (κ3) is 12.1. The van der Waals surface area contributed by atoms with E-state index in [-0.39, 0.29) is 17.5 Å². The molecule has 106 valence electrons. The fourth-order valence-electron chi connectivity index (χ4n) is 0.989. The van der Waals surface area contributed by atoms with Crippen LogP contribution in [0, 0.1) is 0 Å². The van der Waals surface area contributed by atoms with Crippen LogP contribution in [0.25, 0.3) is 0 Å². The second-order valence-corrected chi connectivity index (χ2v) is 5.37. The number of rotatable bonds is 6. The number of hydrogen-bond donors (Lipinski definition) is 0. The summed E-state index contributed by atoms with van der Waals surface area (Å²) in [4.78, 5) is 0. The Labute approximate surface area is 108 Å². The van der Waals surface area contributed by atoms with Crippen LogP contribution in [0.15, 0.2) is 0 Å². The SMILES string of the molecule is CCC(C)(C)OC(C)(C)CC.COC(C)OC. The molecule has 3 heteroatoms. The summed E-state index contributed by atoms with van der Waals surface area (Å²) in [6.45, 7) is 14.7. The fraction of sp³-hybridized carbons (Fsp3) is 1.00. The summed E-state index contributed by atoms with van der Waals surface area (Å²) in [6.07, 6.45) is 2.07. The molecule has 0 fully saturated rings. The van der Waals surface area contributed by atoms with Crippen molar-refractivity contribution in [2.24, 2.45) is 0 Å². The van der Waals surface area contributed by atoms with E-state index in [9.17, 15) is 0 Å². The van der Waals surface area contributed by atoms with E-state index in [1.54, 1.807) is 14.2 Å². The largest absolute Gasteiger partial charge is 0.370 e. The lowest BCUT2D eigenvalue weighted by Crippen LogP contribution is -2.35. The smallest absolute Gasteiger partial charge is 0.154 e. The average molecular weight is 248 g/mol. The van der Waals surface area contributed by atoms with Crippen molar-refractivity contribution in [2.75, 3.05) is 14.2 Å². The standard InChI is InChI=1S/C10H22O.C4H10O2/c1-7-9(3,4)11-10(5,6)8-2;1-4(5-2)6-3/h7-8H2,1-6H3;4H,1-3H3. The highest BCUT2D eigenvalue weighted by molar-refractivity contribution is 4.74. The Morgan fingerprint density at radius 2 is 1.12 bits per heavy atom. The quantitative estimate of drug-likeness (QED) is 0.665. The predicted molar refractivity (Wildman–Crippen MR) is 73.3 cm³/mol. The zero-order valence-corrected chi connectivity index (χ0v) is 13.2. The molecule has 0 aromatic rings. The van der Waals surface area contributed by atoms with Crippen LogP contribution in [0.1, 0.15) is 61.3 Å². The number of ether oxygens (including phenoxy) is 3. The summed E-state index contributed by atoms with van der Waals surface area (Å²) < 4.78 is 15.3. The lowest BCUT2D eigenvalue weighted by molar-refractivity contribution is -0.124. The van der Waals surface area contributed by atoms with Gasteiger partial charge in [0.05, 0.1) is 11.2 Å². The molecule has 17 heavy (non-hydrogen) atoms. The number of methoxy groups -OCH3 is 2. The Hall–Kier alpha value is -0.120. The van der Waals surface area contributed by atoms with E-state index in [0.717, 1.165) is 12.8 Å². The minimum absolute atomic E-state index is 0.0273. The first kappa shape index (κ1) is 19.2. The van der Waals surface area contributed by atoms with E-state index in [2.05, 4.69) is 51.0 Å². The van der Waals surface area contributed by atoms with Gasteiger partial charge in [-0.1, -0.05) is 13.8 Å². The Morgan fingerprint density at radius 1 is 0.824 bits per heavy atom. The Bertz CT molecular complexity index is 158. The molecule has 0 rings (SSSR count). The molecule has 0 atom stereocenters. The molecule has 0 spiro atoms. The van der Waals surface area contributed by atoms with Gasteiger partial charge in [0.2, 0.25) is 0 Å². The molecule has 0 bridgehead atoms. The first-order valence-corrected chi connectivity index (χ1v) is 6.39. The normalized spacial score (nSPS) is 12.4. The summed E-state index contributed by atoms with van der Waals surface area (Å²) in [5, 5.41) is 0. The first-order valence-electron chi connectivity index (χ1n) is 6.39. The molecule has 0 saturated carbocycles. The van der Waals surface area contributed by atoms with Crippen molar-refractivity contribution >= 4 is 0 Å². The van der Waals surface area contributed by atoms with Crippen LogP contribution in [-0.2, 0) is 14.2 Å². The molecule has 0 radical (unpaired) electrons. The van der Waals surface area contributed by atoms with Crippen molar-refractivity contribution in [1.82, 2.24) is 0 Å². The van der Waals surface area contributed by atoms with Gasteiger partial charge in [0.25, 0.3) is 0 Å². The summed E-state index contributed by atoms with van der Waals surface area (Å²) in [7, 11) is 3.21. The van der Waals surface area contributed by atoms with E-state index >= 15 is 0 Å². The molecular weight excluding hydrogens is 216 g/mol. The van der Waals surface area contributed by atoms with Gasteiger partial charge in [-0.2, -0.15) is 0 Å². The maximum atomic E-state index is 5.92. The van der Waals surface area contributed by atoms with E-state index in [1.807, 2.05) is 6.92 Å². The number of hydrogen-bond acceptors (Lipinski definition) is 3. The molecule has 0 aliphatic rings. The summed E-state index contributed by atoms with van der Waals surface area (Å²) in [6, 6.07) is 0. The van der Waals surface area contributed by atoms with Crippen LogP contribution in [0.2, 0.25) is 0 Å². The zero-order valence-electron chi connectivity index (χ0n) is 13.2. The van der Waals surface area contributed by atoms with Crippen molar-refractivity contribution in [3.8, 4) is 0 Å². The Kier molecular flexibility index (Phi) is 10.1. The highest BCUT2D eigenvalue weighted by Gasteiger charge is 2.25. The topological polar surface area (TPSA) is 27.7 Å². The highest BCUT2D eigenvalue weighted by atomic mass is 16.7. The van der Waals surface area contributed by atoms with Crippen molar-refractivity contribution in [3.63, 3.8) is 0 Å². The molecule has 0 unspecified atom stereocenters. The fourth-order valence-corrected chi connectivity index (χ4v) is 0.989. The average Bonchev–Trinajstić information content (AvgIpc) is 2.27. The molecule has 0 N–H and O–H groups in total. The van der Waals surface area contributed by atoms with Crippen LogP contribution in [0.3, 0.4) is 0 Å². The van der Waals surface area contributed by atoms with E-state index in [4.69, 9.17) is 4.74 Å². The molecule has 0 aliphatic heterocycles. The van der Waals surface area contributed by atoms with Gasteiger partial charge in [0.15, 0.2) is 6.29 Å². The van der Waals surface area contributed by atoms with Gasteiger partial charge in [-0.15, -0.1) is 0 Å². The molecular formula is C14H32O3. The van der Waals surface area contributed by atoms with Crippen molar-refractivity contribution in [1.29, 1.82) is 0 Å². The van der Waals surface area contributed by atoms with Crippen LogP contribution < -0.4 is 0 Å². The Balaban J connectivity index is 0. The van der Waals surface area contributed by atoms with Gasteiger partial charge in [0, 0.05) is 14.2 Å². The predicted octanol–water partition coefficient (Wildman–Crippen LogP) is 4.01. The van der Waals surface area contributed by atoms with Crippen LogP contribution in [-0.4, -0.2) is 31.7 Å². The van der Waals surface area contributed by atoms with Gasteiger partial charge in [-0.3, -0.25) is 0 Å². The summed E-state index contributed by atoms with van der Waals surface area (Å²) in [5.74, 6) is 0. The zero-order chi connectivity index (χ0) is 14.1. The van der Waals surface area contributed by atoms with Gasteiger partial charge in [-0.25, -0.2) is 0 Å². The minimum Gasteiger partial charge on any atom is -0.370 e. The molecule has 0 aliphatic carbocycles. The molecule has 0 amide bonds. The third-order valence-corrected chi connectivity index (χ3v) is 2.92. The monoisotopic (exact) mass is 248 g/mol. The van der Waals surface area contributed by atoms with Gasteiger partial charge in [0.1, 0.15) is 0 Å². The van der Waals surface area contributed by atoms with E-state index in [1.165, 1.54) is 0 Å².